The summed E-state index contributed by atoms with van der Waals surface area (Å²) >= 11 is 5.88. The highest BCUT2D eigenvalue weighted by atomic mass is 32.2. The molecule has 0 aliphatic carbocycles. The lowest BCUT2D eigenvalue weighted by Gasteiger charge is -2.13. The van der Waals surface area contributed by atoms with E-state index in [2.05, 4.69) is 9.71 Å². The average Bonchev–Trinajstić information content (AvgIpc) is 2.90. The topological polar surface area (TPSA) is 85.1 Å². The van der Waals surface area contributed by atoms with Crippen LogP contribution >= 0.6 is 23.6 Å². The minimum atomic E-state index is -3.59. The van der Waals surface area contributed by atoms with E-state index in [1.807, 2.05) is 6.07 Å². The number of hydrogen-bond donors (Lipinski definition) is 2. The Morgan fingerprint density at radius 3 is 2.75 bits per heavy atom. The molecule has 0 amide bonds. The van der Waals surface area contributed by atoms with E-state index in [1.54, 1.807) is 31.5 Å². The summed E-state index contributed by atoms with van der Waals surface area (Å²) in [5, 5.41) is 0. The van der Waals surface area contributed by atoms with Crippen LogP contribution < -0.4 is 10.5 Å². The Morgan fingerprint density at radius 1 is 1.45 bits per heavy atom. The number of thiocarbonyl (C=S) groups is 1. The van der Waals surface area contributed by atoms with Gasteiger partial charge in [0, 0.05) is 18.4 Å². The molecule has 2 rings (SSSR count). The van der Waals surface area contributed by atoms with Gasteiger partial charge >= 0.3 is 0 Å². The van der Waals surface area contributed by atoms with Crippen molar-refractivity contribution in [1.29, 1.82) is 0 Å². The van der Waals surface area contributed by atoms with Crippen molar-refractivity contribution in [3.63, 3.8) is 0 Å². The van der Waals surface area contributed by atoms with E-state index in [4.69, 9.17) is 18.0 Å². The van der Waals surface area contributed by atoms with Crippen molar-refractivity contribution in [2.45, 2.75) is 17.2 Å². The first kappa shape index (κ1) is 15.0. The monoisotopic (exact) mass is 327 g/mol. The molecule has 8 heteroatoms. The van der Waals surface area contributed by atoms with E-state index in [1.165, 1.54) is 6.07 Å². The zero-order valence-electron chi connectivity index (χ0n) is 10.6. The first-order valence-electron chi connectivity index (χ1n) is 5.72. The Balaban J connectivity index is 2.20. The number of sulfonamides is 1. The molecule has 2 aromatic heterocycles. The van der Waals surface area contributed by atoms with Crippen LogP contribution in [0.1, 0.15) is 23.4 Å². The molecule has 0 saturated heterocycles. The second kappa shape index (κ2) is 5.96. The van der Waals surface area contributed by atoms with Crippen LogP contribution in [-0.2, 0) is 10.0 Å². The summed E-state index contributed by atoms with van der Waals surface area (Å²) in [6.07, 6.45) is 3.26. The van der Waals surface area contributed by atoms with Gasteiger partial charge in [-0.15, -0.1) is 11.3 Å². The van der Waals surface area contributed by atoms with Crippen molar-refractivity contribution in [2.24, 2.45) is 5.73 Å². The fraction of sp³-hybridized carbons (Fsp3) is 0.167. The smallest absolute Gasteiger partial charge is 0.250 e. The standard InChI is InChI=1S/C12H13N3O2S3/c1-8(9-3-2-6-14-7-9)15-20(16,17)11-5-4-10(19-11)12(13)18/h2-8,15H,1H3,(H2,13,18). The van der Waals surface area contributed by atoms with Gasteiger partial charge in [-0.3, -0.25) is 4.98 Å². The number of hydrogen-bond acceptors (Lipinski definition) is 5. The Labute approximate surface area is 126 Å². The molecule has 1 unspecified atom stereocenters. The largest absolute Gasteiger partial charge is 0.389 e. The lowest BCUT2D eigenvalue weighted by molar-refractivity contribution is 0.568. The van der Waals surface area contributed by atoms with E-state index < -0.39 is 10.0 Å². The number of nitrogens with one attached hydrogen (secondary N) is 1. The number of nitrogens with zero attached hydrogens (tertiary/aromatic N) is 1. The van der Waals surface area contributed by atoms with Gasteiger partial charge in [0.1, 0.15) is 9.20 Å². The number of thiophene rings is 1. The van der Waals surface area contributed by atoms with Gasteiger partial charge < -0.3 is 5.73 Å². The molecule has 0 fully saturated rings. The summed E-state index contributed by atoms with van der Waals surface area (Å²) in [5.74, 6) is 0. The zero-order valence-corrected chi connectivity index (χ0v) is 13.1. The molecular weight excluding hydrogens is 314 g/mol. The molecule has 3 N–H and O–H groups in total. The minimum absolute atomic E-state index is 0.191. The number of nitrogens with two attached hydrogens (primary N) is 1. The molecule has 0 saturated carbocycles. The van der Waals surface area contributed by atoms with Crippen LogP contribution in [0.3, 0.4) is 0 Å². The first-order chi connectivity index (χ1) is 9.40. The van der Waals surface area contributed by atoms with Gasteiger partial charge in [0.05, 0.1) is 4.88 Å². The normalized spacial score (nSPS) is 13.1. The SMILES string of the molecule is CC(NS(=O)(=O)c1ccc(C(N)=S)s1)c1cccnc1. The average molecular weight is 327 g/mol. The molecule has 2 heterocycles. The molecule has 0 aliphatic heterocycles. The van der Waals surface area contributed by atoms with E-state index in [0.717, 1.165) is 16.9 Å². The molecule has 0 aliphatic rings. The summed E-state index contributed by atoms with van der Waals surface area (Å²) in [4.78, 5) is 4.74. The lowest BCUT2D eigenvalue weighted by atomic mass is 10.2. The van der Waals surface area contributed by atoms with Gasteiger partial charge in [-0.2, -0.15) is 0 Å². The predicted octanol–water partition coefficient (Wildman–Crippen LogP) is 1.82. The summed E-state index contributed by atoms with van der Waals surface area (Å²) in [5.41, 5.74) is 6.27. The van der Waals surface area contributed by atoms with E-state index >= 15 is 0 Å². The Hall–Kier alpha value is -1.35. The molecule has 0 bridgehead atoms. The van der Waals surface area contributed by atoms with Crippen molar-refractivity contribution in [3.8, 4) is 0 Å². The van der Waals surface area contributed by atoms with E-state index in [9.17, 15) is 8.42 Å². The maximum Gasteiger partial charge on any atom is 0.250 e. The zero-order chi connectivity index (χ0) is 14.8. The van der Waals surface area contributed by atoms with Gasteiger partial charge in [0.2, 0.25) is 0 Å². The second-order valence-corrected chi connectivity index (χ2v) is 7.58. The highest BCUT2D eigenvalue weighted by Crippen LogP contribution is 2.23. The Kier molecular flexibility index (Phi) is 4.48. The first-order valence-corrected chi connectivity index (χ1v) is 8.43. The quantitative estimate of drug-likeness (QED) is 0.818. The number of aromatic nitrogens is 1. The molecule has 0 spiro atoms. The molecule has 20 heavy (non-hydrogen) atoms. The van der Waals surface area contributed by atoms with Gasteiger partial charge in [-0.05, 0) is 30.7 Å². The number of pyridine rings is 1. The van der Waals surface area contributed by atoms with Crippen LogP contribution in [0.4, 0.5) is 0 Å². The number of rotatable bonds is 5. The predicted molar refractivity (Wildman–Crippen MR) is 83.2 cm³/mol. The lowest BCUT2D eigenvalue weighted by Crippen LogP contribution is -2.26. The maximum absolute atomic E-state index is 12.2. The summed E-state index contributed by atoms with van der Waals surface area (Å²) in [6.45, 7) is 1.76. The van der Waals surface area contributed by atoms with Crippen LogP contribution in [0.2, 0.25) is 0 Å². The fourth-order valence-corrected chi connectivity index (χ4v) is 4.19. The van der Waals surface area contributed by atoms with Crippen molar-refractivity contribution in [1.82, 2.24) is 9.71 Å². The van der Waals surface area contributed by atoms with Gasteiger partial charge in [-0.25, -0.2) is 13.1 Å². The van der Waals surface area contributed by atoms with Crippen molar-refractivity contribution in [2.75, 3.05) is 0 Å². The van der Waals surface area contributed by atoms with E-state index in [-0.39, 0.29) is 15.2 Å². The van der Waals surface area contributed by atoms with Crippen LogP contribution in [0.25, 0.3) is 0 Å². The van der Waals surface area contributed by atoms with Gasteiger partial charge in [0.25, 0.3) is 10.0 Å². The highest BCUT2D eigenvalue weighted by Gasteiger charge is 2.20. The van der Waals surface area contributed by atoms with Crippen LogP contribution in [0, 0.1) is 0 Å². The minimum Gasteiger partial charge on any atom is -0.389 e. The molecule has 106 valence electrons. The van der Waals surface area contributed by atoms with Crippen molar-refractivity contribution < 1.29 is 8.42 Å². The van der Waals surface area contributed by atoms with Crippen LogP contribution in [0.15, 0.2) is 40.9 Å². The molecular formula is C12H13N3O2S3. The van der Waals surface area contributed by atoms with Gasteiger partial charge in [0.15, 0.2) is 0 Å². The third kappa shape index (κ3) is 3.40. The molecule has 2 aromatic rings. The fourth-order valence-electron chi connectivity index (χ4n) is 1.59. The van der Waals surface area contributed by atoms with Crippen LogP contribution in [-0.4, -0.2) is 18.4 Å². The summed E-state index contributed by atoms with van der Waals surface area (Å²) in [7, 11) is -3.59. The molecule has 5 nitrogen and oxygen atoms in total. The summed E-state index contributed by atoms with van der Waals surface area (Å²) < 4.78 is 27.3. The highest BCUT2D eigenvalue weighted by molar-refractivity contribution is 7.91. The second-order valence-electron chi connectivity index (χ2n) is 4.11. The molecule has 0 aromatic carbocycles. The summed E-state index contributed by atoms with van der Waals surface area (Å²) in [6, 6.07) is 6.31. The van der Waals surface area contributed by atoms with Gasteiger partial charge in [-0.1, -0.05) is 18.3 Å². The molecule has 0 radical (unpaired) electrons. The molecule has 1 atom stereocenters. The van der Waals surface area contributed by atoms with E-state index in [0.29, 0.717) is 4.88 Å². The Morgan fingerprint density at radius 2 is 2.20 bits per heavy atom. The van der Waals surface area contributed by atoms with Crippen molar-refractivity contribution in [3.05, 3.63) is 47.1 Å². The Bertz CT molecular complexity index is 711. The third-order valence-corrected chi connectivity index (χ3v) is 6.11. The third-order valence-electron chi connectivity index (χ3n) is 2.61. The maximum atomic E-state index is 12.2. The van der Waals surface area contributed by atoms with Crippen LogP contribution in [0.5, 0.6) is 0 Å². The van der Waals surface area contributed by atoms with Crippen molar-refractivity contribution >= 4 is 38.6 Å².